The van der Waals surface area contributed by atoms with Crippen molar-refractivity contribution in [3.05, 3.63) is 24.3 Å². The van der Waals surface area contributed by atoms with Gasteiger partial charge in [-0.15, -0.1) is 0 Å². The molecule has 0 saturated carbocycles. The average Bonchev–Trinajstić information content (AvgIpc) is 3.08. The van der Waals surface area contributed by atoms with Gasteiger partial charge in [-0.2, -0.15) is 0 Å². The number of nitrogens with one attached hydrogen (secondary N) is 2. The van der Waals surface area contributed by atoms with E-state index in [2.05, 4.69) is 10.0 Å². The number of rotatable bonds is 7. The zero-order valence-electron chi connectivity index (χ0n) is 15.0. The molecule has 0 bridgehead atoms. The van der Waals surface area contributed by atoms with Gasteiger partial charge in [-0.25, -0.2) is 17.9 Å². The summed E-state index contributed by atoms with van der Waals surface area (Å²) in [4.78, 5) is 24.1. The Morgan fingerprint density at radius 3 is 2.38 bits per heavy atom. The first-order valence-electron chi connectivity index (χ1n) is 8.44. The van der Waals surface area contributed by atoms with Gasteiger partial charge in [0.15, 0.2) is 12.2 Å². The van der Waals surface area contributed by atoms with E-state index in [0.717, 1.165) is 6.42 Å². The first-order chi connectivity index (χ1) is 12.2. The highest BCUT2D eigenvalue weighted by Gasteiger charge is 2.28. The molecule has 1 amide bonds. The Kier molecular flexibility index (Phi) is 6.74. The molecule has 1 saturated heterocycles. The van der Waals surface area contributed by atoms with Crippen LogP contribution in [0.15, 0.2) is 29.2 Å². The molecule has 0 aliphatic carbocycles. The van der Waals surface area contributed by atoms with Crippen LogP contribution in [0.5, 0.6) is 0 Å². The number of ether oxygens (including phenoxy) is 2. The SMILES string of the molecule is CC(C)NS(=O)(=O)c1ccc(NC(=O)C(C)OC(=O)C2CCCO2)cc1. The maximum absolute atomic E-state index is 12.1. The van der Waals surface area contributed by atoms with Crippen molar-refractivity contribution in [1.29, 1.82) is 0 Å². The van der Waals surface area contributed by atoms with Gasteiger partial charge in [-0.05, 0) is 57.9 Å². The van der Waals surface area contributed by atoms with Crippen LogP contribution in [0.3, 0.4) is 0 Å². The van der Waals surface area contributed by atoms with E-state index < -0.39 is 34.1 Å². The Bertz CT molecular complexity index is 739. The molecule has 1 heterocycles. The minimum Gasteiger partial charge on any atom is -0.451 e. The Hall–Kier alpha value is -1.97. The summed E-state index contributed by atoms with van der Waals surface area (Å²) in [6.45, 7) is 5.44. The van der Waals surface area contributed by atoms with E-state index in [1.54, 1.807) is 13.8 Å². The third kappa shape index (κ3) is 5.52. The Morgan fingerprint density at radius 1 is 1.19 bits per heavy atom. The topological polar surface area (TPSA) is 111 Å². The van der Waals surface area contributed by atoms with Crippen LogP contribution >= 0.6 is 0 Å². The molecule has 9 heteroatoms. The van der Waals surface area contributed by atoms with E-state index in [9.17, 15) is 18.0 Å². The molecule has 2 N–H and O–H groups in total. The molecular weight excluding hydrogens is 360 g/mol. The second kappa shape index (κ2) is 8.61. The molecule has 144 valence electrons. The summed E-state index contributed by atoms with van der Waals surface area (Å²) in [5, 5.41) is 2.58. The van der Waals surface area contributed by atoms with Crippen LogP contribution in [0.25, 0.3) is 0 Å². The Balaban J connectivity index is 1.93. The van der Waals surface area contributed by atoms with Crippen LogP contribution in [-0.2, 0) is 29.1 Å². The number of sulfonamides is 1. The molecule has 1 aromatic carbocycles. The van der Waals surface area contributed by atoms with Crippen molar-refractivity contribution in [3.63, 3.8) is 0 Å². The molecule has 1 aromatic rings. The summed E-state index contributed by atoms with van der Waals surface area (Å²) in [7, 11) is -3.59. The Labute approximate surface area is 153 Å². The van der Waals surface area contributed by atoms with Gasteiger partial charge in [-0.3, -0.25) is 4.79 Å². The zero-order chi connectivity index (χ0) is 19.3. The largest absolute Gasteiger partial charge is 0.451 e. The first-order valence-corrected chi connectivity index (χ1v) is 9.92. The predicted molar refractivity (Wildman–Crippen MR) is 95.1 cm³/mol. The fourth-order valence-corrected chi connectivity index (χ4v) is 3.66. The number of benzene rings is 1. The van der Waals surface area contributed by atoms with Crippen molar-refractivity contribution in [1.82, 2.24) is 4.72 Å². The van der Waals surface area contributed by atoms with Gasteiger partial charge < -0.3 is 14.8 Å². The monoisotopic (exact) mass is 384 g/mol. The summed E-state index contributed by atoms with van der Waals surface area (Å²) in [6.07, 6.45) is -0.213. The second-order valence-electron chi connectivity index (χ2n) is 6.37. The van der Waals surface area contributed by atoms with E-state index in [1.807, 2.05) is 0 Å². The van der Waals surface area contributed by atoms with Gasteiger partial charge in [0.25, 0.3) is 5.91 Å². The van der Waals surface area contributed by atoms with Crippen LogP contribution in [0, 0.1) is 0 Å². The van der Waals surface area contributed by atoms with Crippen molar-refractivity contribution in [2.75, 3.05) is 11.9 Å². The normalized spacial score (nSPS) is 18.5. The van der Waals surface area contributed by atoms with Crippen molar-refractivity contribution in [3.8, 4) is 0 Å². The van der Waals surface area contributed by atoms with Crippen LogP contribution in [-0.4, -0.2) is 45.2 Å². The fourth-order valence-electron chi connectivity index (χ4n) is 2.41. The smallest absolute Gasteiger partial charge is 0.336 e. The number of carbonyl (C=O) groups is 2. The summed E-state index contributed by atoms with van der Waals surface area (Å²) in [5.41, 5.74) is 0.401. The molecule has 0 spiro atoms. The summed E-state index contributed by atoms with van der Waals surface area (Å²) < 4.78 is 36.9. The van der Waals surface area contributed by atoms with Crippen molar-refractivity contribution in [2.45, 2.75) is 56.8 Å². The van der Waals surface area contributed by atoms with E-state index in [0.29, 0.717) is 18.7 Å². The molecular formula is C17H24N2O6S. The first kappa shape index (κ1) is 20.3. The molecule has 2 rings (SSSR count). The highest BCUT2D eigenvalue weighted by atomic mass is 32.2. The molecule has 2 atom stereocenters. The lowest BCUT2D eigenvalue weighted by atomic mass is 10.2. The third-order valence-corrected chi connectivity index (χ3v) is 5.35. The molecule has 1 fully saturated rings. The Morgan fingerprint density at radius 2 is 1.85 bits per heavy atom. The molecule has 26 heavy (non-hydrogen) atoms. The van der Waals surface area contributed by atoms with Crippen LogP contribution in [0.4, 0.5) is 5.69 Å². The van der Waals surface area contributed by atoms with Gasteiger partial charge >= 0.3 is 5.97 Å². The van der Waals surface area contributed by atoms with E-state index >= 15 is 0 Å². The number of hydrogen-bond donors (Lipinski definition) is 2. The summed E-state index contributed by atoms with van der Waals surface area (Å²) >= 11 is 0. The maximum Gasteiger partial charge on any atom is 0.336 e. The van der Waals surface area contributed by atoms with Crippen molar-refractivity contribution in [2.24, 2.45) is 0 Å². The standard InChI is InChI=1S/C17H24N2O6S/c1-11(2)19-26(22,23)14-8-6-13(7-9-14)18-16(20)12(3)25-17(21)15-5-4-10-24-15/h6-9,11-12,15,19H,4-5,10H2,1-3H3,(H,18,20). The molecule has 0 aromatic heterocycles. The number of hydrogen-bond acceptors (Lipinski definition) is 6. The lowest BCUT2D eigenvalue weighted by Crippen LogP contribution is -2.34. The molecule has 0 radical (unpaired) electrons. The number of amides is 1. The van der Waals surface area contributed by atoms with Crippen molar-refractivity contribution < 1.29 is 27.5 Å². The molecule has 2 unspecified atom stereocenters. The average molecular weight is 384 g/mol. The summed E-state index contributed by atoms with van der Waals surface area (Å²) in [5.74, 6) is -1.06. The van der Waals surface area contributed by atoms with Gasteiger partial charge in [0.05, 0.1) is 4.90 Å². The van der Waals surface area contributed by atoms with E-state index in [-0.39, 0.29) is 10.9 Å². The van der Waals surface area contributed by atoms with Gasteiger partial charge in [-0.1, -0.05) is 0 Å². The minimum atomic E-state index is -3.59. The van der Waals surface area contributed by atoms with Gasteiger partial charge in [0.1, 0.15) is 0 Å². The molecule has 1 aliphatic heterocycles. The van der Waals surface area contributed by atoms with Crippen molar-refractivity contribution >= 4 is 27.6 Å². The van der Waals surface area contributed by atoms with Crippen LogP contribution < -0.4 is 10.0 Å². The summed E-state index contributed by atoms with van der Waals surface area (Å²) in [6, 6.07) is 5.51. The highest BCUT2D eigenvalue weighted by molar-refractivity contribution is 7.89. The minimum absolute atomic E-state index is 0.0991. The van der Waals surface area contributed by atoms with Crippen LogP contribution in [0.1, 0.15) is 33.6 Å². The van der Waals surface area contributed by atoms with Gasteiger partial charge in [0, 0.05) is 18.3 Å². The zero-order valence-corrected chi connectivity index (χ0v) is 15.8. The third-order valence-electron chi connectivity index (χ3n) is 3.68. The molecule has 8 nitrogen and oxygen atoms in total. The lowest BCUT2D eigenvalue weighted by molar-refractivity contribution is -0.162. The lowest BCUT2D eigenvalue weighted by Gasteiger charge is -2.16. The van der Waals surface area contributed by atoms with E-state index in [4.69, 9.17) is 9.47 Å². The molecule has 1 aliphatic rings. The predicted octanol–water partition coefficient (Wildman–Crippen LogP) is 1.42. The highest BCUT2D eigenvalue weighted by Crippen LogP contribution is 2.16. The maximum atomic E-state index is 12.1. The van der Waals surface area contributed by atoms with Gasteiger partial charge in [0.2, 0.25) is 10.0 Å². The quantitative estimate of drug-likeness (QED) is 0.688. The fraction of sp³-hybridized carbons (Fsp3) is 0.529. The number of anilines is 1. The number of esters is 1. The van der Waals surface area contributed by atoms with Crippen LogP contribution in [0.2, 0.25) is 0 Å². The van der Waals surface area contributed by atoms with E-state index in [1.165, 1.54) is 31.2 Å². The number of carbonyl (C=O) groups excluding carboxylic acids is 2. The second-order valence-corrected chi connectivity index (χ2v) is 8.08.